The van der Waals surface area contributed by atoms with Crippen LogP contribution >= 0.6 is 23.1 Å². The lowest BCUT2D eigenvalue weighted by Gasteiger charge is -2.13. The number of carbonyl (C=O) groups is 2. The number of nitrogens with one attached hydrogen (secondary N) is 2. The molecule has 0 saturated heterocycles. The molecule has 0 aliphatic heterocycles. The van der Waals surface area contributed by atoms with E-state index in [0.717, 1.165) is 47.3 Å². The first-order valence-electron chi connectivity index (χ1n) is 9.84. The summed E-state index contributed by atoms with van der Waals surface area (Å²) < 4.78 is 0. The third-order valence-electron chi connectivity index (χ3n) is 5.18. The van der Waals surface area contributed by atoms with Crippen molar-refractivity contribution in [2.45, 2.75) is 56.4 Å². The van der Waals surface area contributed by atoms with Crippen LogP contribution in [0.25, 0.3) is 10.2 Å². The molecule has 3 amide bonds. The molecule has 0 fully saturated rings. The number of aryl methyl sites for hydroxylation is 2. The second kappa shape index (κ2) is 9.05. The van der Waals surface area contributed by atoms with E-state index < -0.39 is 6.03 Å². The van der Waals surface area contributed by atoms with Gasteiger partial charge in [-0.2, -0.15) is 0 Å². The highest BCUT2D eigenvalue weighted by Gasteiger charge is 2.21. The zero-order chi connectivity index (χ0) is 19.3. The minimum Gasteiger partial charge on any atom is -0.337 e. The molecule has 0 radical (unpaired) electrons. The van der Waals surface area contributed by atoms with Crippen molar-refractivity contribution < 1.29 is 9.59 Å². The molecule has 28 heavy (non-hydrogen) atoms. The van der Waals surface area contributed by atoms with E-state index in [9.17, 15) is 9.59 Å². The van der Waals surface area contributed by atoms with Gasteiger partial charge in [0.05, 0.1) is 5.75 Å². The van der Waals surface area contributed by atoms with E-state index in [1.54, 1.807) is 17.7 Å². The molecule has 4 rings (SSSR count). The Labute approximate surface area is 172 Å². The number of allylic oxidation sites excluding steroid dienone is 1. The second-order valence-electron chi connectivity index (χ2n) is 7.17. The summed E-state index contributed by atoms with van der Waals surface area (Å²) in [5.41, 5.74) is 2.75. The Bertz CT molecular complexity index is 922. The lowest BCUT2D eigenvalue weighted by molar-refractivity contribution is -0.117. The Morgan fingerprint density at radius 2 is 2.07 bits per heavy atom. The number of nitrogens with zero attached hydrogens (tertiary/aromatic N) is 2. The number of imide groups is 1. The minimum absolute atomic E-state index is 0.162. The summed E-state index contributed by atoms with van der Waals surface area (Å²) in [6.07, 6.45) is 12.8. The quantitative estimate of drug-likeness (QED) is 0.423. The second-order valence-corrected chi connectivity index (χ2v) is 9.21. The maximum atomic E-state index is 12.2. The average molecular weight is 417 g/mol. The topological polar surface area (TPSA) is 84.0 Å². The molecule has 0 atom stereocenters. The number of aromatic nitrogens is 2. The van der Waals surface area contributed by atoms with Gasteiger partial charge in [0, 0.05) is 16.8 Å². The smallest absolute Gasteiger partial charge is 0.321 e. The third-order valence-corrected chi connectivity index (χ3v) is 7.37. The molecule has 0 bridgehead atoms. The number of urea groups is 1. The largest absolute Gasteiger partial charge is 0.337 e. The molecule has 6 nitrogen and oxygen atoms in total. The van der Waals surface area contributed by atoms with E-state index in [1.807, 2.05) is 0 Å². The summed E-state index contributed by atoms with van der Waals surface area (Å²) in [4.78, 5) is 35.2. The number of fused-ring (bicyclic) bond motifs is 3. The van der Waals surface area contributed by atoms with Gasteiger partial charge in [-0.15, -0.1) is 11.3 Å². The molecular weight excluding hydrogens is 392 g/mol. The Kier molecular flexibility index (Phi) is 6.26. The fourth-order valence-electron chi connectivity index (χ4n) is 3.82. The van der Waals surface area contributed by atoms with E-state index in [2.05, 4.69) is 26.7 Å². The number of thioether (sulfide) groups is 1. The van der Waals surface area contributed by atoms with Crippen molar-refractivity contribution in [2.75, 3.05) is 12.3 Å². The zero-order valence-corrected chi connectivity index (χ0v) is 17.4. The number of hydrogen-bond acceptors (Lipinski definition) is 6. The number of thiophene rings is 1. The summed E-state index contributed by atoms with van der Waals surface area (Å²) in [5.74, 6) is -0.145. The summed E-state index contributed by atoms with van der Waals surface area (Å²) in [6.45, 7) is 0.561. The van der Waals surface area contributed by atoms with E-state index in [0.29, 0.717) is 6.54 Å². The molecule has 8 heteroatoms. The van der Waals surface area contributed by atoms with Gasteiger partial charge in [-0.05, 0) is 56.9 Å². The van der Waals surface area contributed by atoms with Crippen molar-refractivity contribution in [1.82, 2.24) is 20.6 Å². The van der Waals surface area contributed by atoms with Crippen LogP contribution in [0.3, 0.4) is 0 Å². The molecule has 2 aliphatic carbocycles. The lowest BCUT2D eigenvalue weighted by Crippen LogP contribution is -2.40. The van der Waals surface area contributed by atoms with Crippen molar-refractivity contribution in [1.29, 1.82) is 0 Å². The van der Waals surface area contributed by atoms with Crippen LogP contribution in [0.5, 0.6) is 0 Å². The van der Waals surface area contributed by atoms with Gasteiger partial charge in [-0.1, -0.05) is 23.4 Å². The molecule has 2 aromatic rings. The Morgan fingerprint density at radius 1 is 1.14 bits per heavy atom. The van der Waals surface area contributed by atoms with Gasteiger partial charge in [0.2, 0.25) is 5.91 Å². The highest BCUT2D eigenvalue weighted by molar-refractivity contribution is 8.00. The fourth-order valence-corrected chi connectivity index (χ4v) is 5.94. The van der Waals surface area contributed by atoms with Gasteiger partial charge in [0.15, 0.2) is 0 Å². The molecule has 2 aliphatic rings. The van der Waals surface area contributed by atoms with E-state index >= 15 is 0 Å². The Balaban J connectivity index is 1.26. The normalized spacial score (nSPS) is 15.9. The predicted molar refractivity (Wildman–Crippen MR) is 113 cm³/mol. The van der Waals surface area contributed by atoms with Crippen LogP contribution in [0, 0.1) is 0 Å². The first kappa shape index (κ1) is 19.4. The molecule has 2 N–H and O–H groups in total. The number of hydrogen-bond donors (Lipinski definition) is 2. The van der Waals surface area contributed by atoms with Gasteiger partial charge >= 0.3 is 6.03 Å². The zero-order valence-electron chi connectivity index (χ0n) is 15.8. The first-order chi connectivity index (χ1) is 13.7. The highest BCUT2D eigenvalue weighted by Crippen LogP contribution is 2.39. The summed E-state index contributed by atoms with van der Waals surface area (Å²) >= 11 is 3.10. The van der Waals surface area contributed by atoms with Gasteiger partial charge in [0.25, 0.3) is 0 Å². The number of amides is 3. The lowest BCUT2D eigenvalue weighted by atomic mass is 9.97. The van der Waals surface area contributed by atoms with Crippen LogP contribution in [0.15, 0.2) is 23.0 Å². The van der Waals surface area contributed by atoms with Crippen molar-refractivity contribution in [2.24, 2.45) is 0 Å². The minimum atomic E-state index is -0.425. The Hall–Kier alpha value is -1.93. The summed E-state index contributed by atoms with van der Waals surface area (Å²) in [7, 11) is 0. The van der Waals surface area contributed by atoms with Gasteiger partial charge in [-0.25, -0.2) is 14.8 Å². The SMILES string of the molecule is O=C(CSc1ncnc2sc3c(c12)CCC3)NC(=O)NCCC1=CCCCC1. The van der Waals surface area contributed by atoms with Crippen molar-refractivity contribution in [3.05, 3.63) is 28.4 Å². The van der Waals surface area contributed by atoms with Gasteiger partial charge < -0.3 is 5.32 Å². The molecular formula is C20H24N4O2S2. The molecule has 2 aromatic heterocycles. The van der Waals surface area contributed by atoms with Crippen LogP contribution in [0.2, 0.25) is 0 Å². The van der Waals surface area contributed by atoms with Gasteiger partial charge in [-0.3, -0.25) is 10.1 Å². The fraction of sp³-hybridized carbons (Fsp3) is 0.500. The molecule has 2 heterocycles. The van der Waals surface area contributed by atoms with E-state index in [1.165, 1.54) is 47.0 Å². The Morgan fingerprint density at radius 3 is 2.93 bits per heavy atom. The molecule has 0 unspecified atom stereocenters. The first-order valence-corrected chi connectivity index (χ1v) is 11.6. The summed E-state index contributed by atoms with van der Waals surface area (Å²) in [5, 5.41) is 7.12. The van der Waals surface area contributed by atoms with Crippen molar-refractivity contribution in [3.8, 4) is 0 Å². The maximum absolute atomic E-state index is 12.2. The monoisotopic (exact) mass is 416 g/mol. The third kappa shape index (κ3) is 4.55. The van der Waals surface area contributed by atoms with Crippen LogP contribution in [0.4, 0.5) is 4.79 Å². The standard InChI is InChI=1S/C20H24N4O2S2/c25-16(24-20(26)21-10-9-13-5-2-1-3-6-13)11-27-18-17-14-7-4-8-15(14)28-19(17)23-12-22-18/h5,12H,1-4,6-11H2,(H2,21,24,25,26). The molecule has 0 spiro atoms. The molecule has 0 aromatic carbocycles. The van der Waals surface area contributed by atoms with E-state index in [4.69, 9.17) is 0 Å². The van der Waals surface area contributed by atoms with Crippen LogP contribution in [-0.2, 0) is 17.6 Å². The number of rotatable bonds is 6. The predicted octanol–water partition coefficient (Wildman–Crippen LogP) is 3.99. The average Bonchev–Trinajstić information content (AvgIpc) is 3.28. The van der Waals surface area contributed by atoms with Gasteiger partial charge in [0.1, 0.15) is 16.2 Å². The maximum Gasteiger partial charge on any atom is 0.321 e. The number of carbonyl (C=O) groups excluding carboxylic acids is 2. The summed E-state index contributed by atoms with van der Waals surface area (Å²) in [6, 6.07) is -0.425. The van der Waals surface area contributed by atoms with Crippen molar-refractivity contribution in [3.63, 3.8) is 0 Å². The highest BCUT2D eigenvalue weighted by atomic mass is 32.2. The molecule has 0 saturated carbocycles. The van der Waals surface area contributed by atoms with Crippen LogP contribution in [0.1, 0.15) is 49.0 Å². The molecule has 148 valence electrons. The van der Waals surface area contributed by atoms with E-state index in [-0.39, 0.29) is 11.7 Å². The van der Waals surface area contributed by atoms with Crippen LogP contribution in [-0.4, -0.2) is 34.2 Å². The van der Waals surface area contributed by atoms with Crippen molar-refractivity contribution >= 4 is 45.3 Å². The van der Waals surface area contributed by atoms with Crippen LogP contribution < -0.4 is 10.6 Å².